The second kappa shape index (κ2) is 6.11. The van der Waals surface area contributed by atoms with Crippen molar-refractivity contribution in [2.75, 3.05) is 20.3 Å². The highest BCUT2D eigenvalue weighted by atomic mass is 19.1. The van der Waals surface area contributed by atoms with E-state index >= 15 is 0 Å². The summed E-state index contributed by atoms with van der Waals surface area (Å²) >= 11 is 0. The lowest BCUT2D eigenvalue weighted by atomic mass is 9.91. The number of carbonyl (C=O) groups excluding carboxylic acids is 2. The van der Waals surface area contributed by atoms with Gasteiger partial charge in [0.1, 0.15) is 11.6 Å². The standard InChI is InChI=1S/C15H18FNO4/c1-4-21-15(19)14-13-10(7-8-17(14)9(2)18)11(16)5-6-12(13)20-3/h5-6,14H,4,7-8H2,1-3H3. The number of esters is 1. The fourth-order valence-corrected chi connectivity index (χ4v) is 2.67. The summed E-state index contributed by atoms with van der Waals surface area (Å²) in [5, 5.41) is 0. The Kier molecular flexibility index (Phi) is 4.45. The summed E-state index contributed by atoms with van der Waals surface area (Å²) in [6.07, 6.45) is 0.341. The van der Waals surface area contributed by atoms with E-state index in [9.17, 15) is 14.0 Å². The monoisotopic (exact) mass is 295 g/mol. The Morgan fingerprint density at radius 3 is 2.71 bits per heavy atom. The Morgan fingerprint density at radius 2 is 2.14 bits per heavy atom. The van der Waals surface area contributed by atoms with Gasteiger partial charge in [-0.15, -0.1) is 0 Å². The summed E-state index contributed by atoms with van der Waals surface area (Å²) < 4.78 is 24.3. The molecule has 0 saturated carbocycles. The molecule has 0 fully saturated rings. The highest BCUT2D eigenvalue weighted by Gasteiger charge is 2.39. The highest BCUT2D eigenvalue weighted by molar-refractivity contribution is 5.86. The molecule has 0 N–H and O–H groups in total. The molecular formula is C15H18FNO4. The smallest absolute Gasteiger partial charge is 0.333 e. The molecule has 21 heavy (non-hydrogen) atoms. The zero-order valence-corrected chi connectivity index (χ0v) is 12.3. The number of nitrogens with zero attached hydrogens (tertiary/aromatic N) is 1. The van der Waals surface area contributed by atoms with Crippen LogP contribution in [0.4, 0.5) is 4.39 Å². The lowest BCUT2D eigenvalue weighted by Gasteiger charge is -2.36. The molecule has 1 aromatic rings. The molecule has 0 spiro atoms. The minimum atomic E-state index is -0.961. The number of hydrogen-bond donors (Lipinski definition) is 0. The fourth-order valence-electron chi connectivity index (χ4n) is 2.67. The topological polar surface area (TPSA) is 55.8 Å². The van der Waals surface area contributed by atoms with Crippen LogP contribution in [0.15, 0.2) is 12.1 Å². The van der Waals surface area contributed by atoms with Gasteiger partial charge in [-0.2, -0.15) is 0 Å². The first-order chi connectivity index (χ1) is 10.0. The predicted octanol–water partition coefficient (Wildman–Crippen LogP) is 1.84. The quantitative estimate of drug-likeness (QED) is 0.799. The van der Waals surface area contributed by atoms with Crippen molar-refractivity contribution in [3.05, 3.63) is 29.1 Å². The first kappa shape index (κ1) is 15.3. The molecular weight excluding hydrogens is 277 g/mol. The Morgan fingerprint density at radius 1 is 1.43 bits per heavy atom. The van der Waals surface area contributed by atoms with Crippen molar-refractivity contribution in [2.45, 2.75) is 26.3 Å². The maximum absolute atomic E-state index is 14.0. The first-order valence-corrected chi connectivity index (χ1v) is 6.80. The number of amides is 1. The summed E-state index contributed by atoms with van der Waals surface area (Å²) in [4.78, 5) is 25.4. The van der Waals surface area contributed by atoms with E-state index in [1.807, 2.05) is 0 Å². The van der Waals surface area contributed by atoms with Crippen molar-refractivity contribution in [3.63, 3.8) is 0 Å². The normalized spacial score (nSPS) is 17.1. The Bertz CT molecular complexity index is 573. The van der Waals surface area contributed by atoms with Crippen molar-refractivity contribution in [1.29, 1.82) is 0 Å². The van der Waals surface area contributed by atoms with Gasteiger partial charge in [-0.05, 0) is 31.0 Å². The summed E-state index contributed by atoms with van der Waals surface area (Å²) in [6, 6.07) is 1.81. The molecule has 1 aliphatic rings. The molecule has 1 unspecified atom stereocenters. The molecule has 1 aliphatic heterocycles. The molecule has 6 heteroatoms. The first-order valence-electron chi connectivity index (χ1n) is 6.80. The summed E-state index contributed by atoms with van der Waals surface area (Å²) in [7, 11) is 1.45. The molecule has 1 atom stereocenters. The van der Waals surface area contributed by atoms with Crippen LogP contribution in [0.1, 0.15) is 31.0 Å². The molecule has 0 saturated heterocycles. The van der Waals surface area contributed by atoms with Gasteiger partial charge in [0.25, 0.3) is 0 Å². The highest BCUT2D eigenvalue weighted by Crippen LogP contribution is 2.38. The van der Waals surface area contributed by atoms with Crippen LogP contribution in [0.3, 0.4) is 0 Å². The Labute approximate surface area is 122 Å². The lowest BCUT2D eigenvalue weighted by molar-refractivity contribution is -0.155. The number of hydrogen-bond acceptors (Lipinski definition) is 4. The molecule has 0 aromatic heterocycles. The molecule has 1 amide bonds. The van der Waals surface area contributed by atoms with Crippen molar-refractivity contribution in [2.24, 2.45) is 0 Å². The molecule has 1 aromatic carbocycles. The number of rotatable bonds is 3. The average molecular weight is 295 g/mol. The largest absolute Gasteiger partial charge is 0.496 e. The molecule has 0 aliphatic carbocycles. The predicted molar refractivity (Wildman–Crippen MR) is 73.4 cm³/mol. The summed E-state index contributed by atoms with van der Waals surface area (Å²) in [5.41, 5.74) is 0.794. The molecule has 5 nitrogen and oxygen atoms in total. The molecule has 2 rings (SSSR count). The number of fused-ring (bicyclic) bond motifs is 1. The van der Waals surface area contributed by atoms with Crippen LogP contribution in [0.5, 0.6) is 5.75 Å². The van der Waals surface area contributed by atoms with Crippen LogP contribution in [0.2, 0.25) is 0 Å². The number of ether oxygens (including phenoxy) is 2. The van der Waals surface area contributed by atoms with E-state index in [4.69, 9.17) is 9.47 Å². The lowest BCUT2D eigenvalue weighted by Crippen LogP contribution is -2.43. The number of methoxy groups -OCH3 is 1. The van der Waals surface area contributed by atoms with E-state index in [-0.39, 0.29) is 19.1 Å². The average Bonchev–Trinajstić information content (AvgIpc) is 2.46. The second-order valence-corrected chi connectivity index (χ2v) is 4.76. The van der Waals surface area contributed by atoms with Crippen LogP contribution >= 0.6 is 0 Å². The van der Waals surface area contributed by atoms with E-state index in [1.54, 1.807) is 6.92 Å². The van der Waals surface area contributed by atoms with Gasteiger partial charge in [0.05, 0.1) is 13.7 Å². The van der Waals surface area contributed by atoms with Crippen molar-refractivity contribution < 1.29 is 23.5 Å². The van der Waals surface area contributed by atoms with E-state index < -0.39 is 17.8 Å². The van der Waals surface area contributed by atoms with E-state index in [2.05, 4.69) is 0 Å². The van der Waals surface area contributed by atoms with Crippen LogP contribution in [0.25, 0.3) is 0 Å². The van der Waals surface area contributed by atoms with Gasteiger partial charge in [-0.3, -0.25) is 4.79 Å². The van der Waals surface area contributed by atoms with Crippen LogP contribution in [0, 0.1) is 5.82 Å². The van der Waals surface area contributed by atoms with Crippen molar-refractivity contribution >= 4 is 11.9 Å². The van der Waals surface area contributed by atoms with Gasteiger partial charge in [0.15, 0.2) is 6.04 Å². The SMILES string of the molecule is CCOC(=O)C1c2c(OC)ccc(F)c2CCN1C(C)=O. The third-order valence-corrected chi connectivity index (χ3v) is 3.58. The van der Waals surface area contributed by atoms with E-state index in [1.165, 1.54) is 31.1 Å². The van der Waals surface area contributed by atoms with Crippen LogP contribution in [-0.4, -0.2) is 37.0 Å². The number of halogens is 1. The van der Waals surface area contributed by atoms with Gasteiger partial charge in [-0.25, -0.2) is 9.18 Å². The number of carbonyl (C=O) groups is 2. The summed E-state index contributed by atoms with van der Waals surface area (Å²) in [6.45, 7) is 3.52. The van der Waals surface area contributed by atoms with Gasteiger partial charge >= 0.3 is 5.97 Å². The molecule has 0 radical (unpaired) electrons. The van der Waals surface area contributed by atoms with E-state index in [0.717, 1.165) is 0 Å². The van der Waals surface area contributed by atoms with Gasteiger partial charge in [-0.1, -0.05) is 0 Å². The van der Waals surface area contributed by atoms with Crippen molar-refractivity contribution in [3.8, 4) is 5.75 Å². The minimum Gasteiger partial charge on any atom is -0.496 e. The zero-order chi connectivity index (χ0) is 15.6. The Hall–Kier alpha value is -2.11. The van der Waals surface area contributed by atoms with Gasteiger partial charge < -0.3 is 14.4 Å². The molecule has 114 valence electrons. The van der Waals surface area contributed by atoms with Crippen LogP contribution in [-0.2, 0) is 20.7 Å². The Balaban J connectivity index is 2.59. The summed E-state index contributed by atoms with van der Waals surface area (Å²) in [5.74, 6) is -0.846. The molecule has 1 heterocycles. The van der Waals surface area contributed by atoms with Gasteiger partial charge in [0, 0.05) is 19.0 Å². The van der Waals surface area contributed by atoms with Crippen LogP contribution < -0.4 is 4.74 Å². The van der Waals surface area contributed by atoms with Gasteiger partial charge in [0.2, 0.25) is 5.91 Å². The minimum absolute atomic E-state index is 0.189. The van der Waals surface area contributed by atoms with Crippen molar-refractivity contribution in [1.82, 2.24) is 4.90 Å². The third kappa shape index (κ3) is 2.70. The maximum Gasteiger partial charge on any atom is 0.333 e. The fraction of sp³-hybridized carbons (Fsp3) is 0.467. The third-order valence-electron chi connectivity index (χ3n) is 3.58. The zero-order valence-electron chi connectivity index (χ0n) is 12.3. The molecule has 0 bridgehead atoms. The number of benzene rings is 1. The maximum atomic E-state index is 14.0. The second-order valence-electron chi connectivity index (χ2n) is 4.76. The van der Waals surface area contributed by atoms with E-state index in [0.29, 0.717) is 23.3 Å².